The number of hydrogen-bond donors (Lipinski definition) is 1. The van der Waals surface area contributed by atoms with E-state index in [2.05, 4.69) is 34.2 Å². The van der Waals surface area contributed by atoms with E-state index in [9.17, 15) is 0 Å². The Hall–Kier alpha value is -1.95. The highest BCUT2D eigenvalue weighted by Gasteiger charge is 2.07. The van der Waals surface area contributed by atoms with Crippen molar-refractivity contribution in [2.75, 3.05) is 5.32 Å². The van der Waals surface area contributed by atoms with E-state index in [-0.39, 0.29) is 0 Å². The molecule has 0 aromatic carbocycles. The highest BCUT2D eigenvalue weighted by Crippen LogP contribution is 2.27. The Labute approximate surface area is 109 Å². The third-order valence-electron chi connectivity index (χ3n) is 2.64. The zero-order valence-electron chi connectivity index (χ0n) is 10.2. The number of aromatic nitrogens is 4. The zero-order valence-corrected chi connectivity index (χ0v) is 11.0. The Balaban J connectivity index is 1.93. The lowest BCUT2D eigenvalue weighted by Crippen LogP contribution is -2.00. The Morgan fingerprint density at radius 1 is 1.33 bits per heavy atom. The van der Waals surface area contributed by atoms with Crippen molar-refractivity contribution < 1.29 is 0 Å². The summed E-state index contributed by atoms with van der Waals surface area (Å²) in [5, 5.41) is 9.59. The molecule has 0 saturated heterocycles. The predicted octanol–water partition coefficient (Wildman–Crippen LogP) is 3.21. The molecule has 3 heterocycles. The first kappa shape index (κ1) is 11.2. The van der Waals surface area contributed by atoms with Crippen molar-refractivity contribution in [2.45, 2.75) is 19.9 Å². The Kier molecular flexibility index (Phi) is 2.71. The summed E-state index contributed by atoms with van der Waals surface area (Å²) in [7, 11) is 0. The second-order valence-corrected chi connectivity index (χ2v) is 5.20. The van der Waals surface area contributed by atoms with E-state index in [1.54, 1.807) is 17.7 Å². The topological polar surface area (TPSA) is 55.6 Å². The molecule has 0 radical (unpaired) electrons. The monoisotopic (exact) mass is 259 g/mol. The van der Waals surface area contributed by atoms with Crippen LogP contribution in [0.3, 0.4) is 0 Å². The number of nitrogens with one attached hydrogen (secondary N) is 1. The van der Waals surface area contributed by atoms with E-state index in [1.807, 2.05) is 28.5 Å². The van der Waals surface area contributed by atoms with Gasteiger partial charge in [0, 0.05) is 12.2 Å². The number of hydrogen-bond acceptors (Lipinski definition) is 5. The third-order valence-corrected chi connectivity index (χ3v) is 3.55. The van der Waals surface area contributed by atoms with E-state index in [1.165, 1.54) is 0 Å². The molecule has 0 unspecified atom stereocenters. The number of thiophene rings is 1. The lowest BCUT2D eigenvalue weighted by Gasteiger charge is -2.04. The molecule has 3 aromatic heterocycles. The van der Waals surface area contributed by atoms with Crippen LogP contribution in [0.15, 0.2) is 30.2 Å². The van der Waals surface area contributed by atoms with Gasteiger partial charge in [0.2, 0.25) is 0 Å². The maximum atomic E-state index is 4.29. The van der Waals surface area contributed by atoms with Crippen molar-refractivity contribution in [1.29, 1.82) is 0 Å². The summed E-state index contributed by atoms with van der Waals surface area (Å²) in [4.78, 5) is 8.50. The molecule has 0 fully saturated rings. The first-order chi connectivity index (χ1) is 8.74. The Bertz CT molecular complexity index is 670. The van der Waals surface area contributed by atoms with Gasteiger partial charge in [-0.15, -0.1) is 11.3 Å². The van der Waals surface area contributed by atoms with Gasteiger partial charge in [0.25, 0.3) is 0 Å². The van der Waals surface area contributed by atoms with Gasteiger partial charge >= 0.3 is 0 Å². The fourth-order valence-corrected chi connectivity index (χ4v) is 2.49. The van der Waals surface area contributed by atoms with Crippen LogP contribution in [0.4, 0.5) is 11.5 Å². The van der Waals surface area contributed by atoms with Crippen LogP contribution >= 0.6 is 11.3 Å². The molecular weight excluding hydrogens is 246 g/mol. The van der Waals surface area contributed by atoms with Crippen molar-refractivity contribution in [3.05, 3.63) is 30.2 Å². The van der Waals surface area contributed by atoms with Gasteiger partial charge in [-0.25, -0.2) is 9.97 Å². The SMILES string of the molecule is CC(C)n1cc(Nc2ncnc3ccsc23)cn1. The van der Waals surface area contributed by atoms with Crippen LogP contribution in [-0.4, -0.2) is 19.7 Å². The van der Waals surface area contributed by atoms with Crippen LogP contribution in [0.25, 0.3) is 10.2 Å². The smallest absolute Gasteiger partial charge is 0.151 e. The zero-order chi connectivity index (χ0) is 12.5. The summed E-state index contributed by atoms with van der Waals surface area (Å²) in [6.45, 7) is 4.19. The highest BCUT2D eigenvalue weighted by atomic mass is 32.1. The molecule has 5 nitrogen and oxygen atoms in total. The molecule has 0 aliphatic heterocycles. The fourth-order valence-electron chi connectivity index (χ4n) is 1.70. The van der Waals surface area contributed by atoms with Gasteiger partial charge < -0.3 is 5.32 Å². The van der Waals surface area contributed by atoms with Crippen LogP contribution in [0.2, 0.25) is 0 Å². The summed E-state index contributed by atoms with van der Waals surface area (Å²) in [6, 6.07) is 2.34. The second-order valence-electron chi connectivity index (χ2n) is 4.29. The van der Waals surface area contributed by atoms with Crippen molar-refractivity contribution in [3.8, 4) is 0 Å². The van der Waals surface area contributed by atoms with Crippen molar-refractivity contribution >= 4 is 33.1 Å². The molecule has 0 amide bonds. The molecule has 0 bridgehead atoms. The number of nitrogens with zero attached hydrogens (tertiary/aromatic N) is 4. The van der Waals surface area contributed by atoms with Crippen molar-refractivity contribution in [3.63, 3.8) is 0 Å². The minimum Gasteiger partial charge on any atom is -0.336 e. The summed E-state index contributed by atoms with van der Waals surface area (Å²) in [5.41, 5.74) is 1.91. The number of fused-ring (bicyclic) bond motifs is 1. The molecule has 0 spiro atoms. The molecule has 3 aromatic rings. The predicted molar refractivity (Wildman–Crippen MR) is 73.3 cm³/mol. The highest BCUT2D eigenvalue weighted by molar-refractivity contribution is 7.17. The molecule has 92 valence electrons. The molecule has 18 heavy (non-hydrogen) atoms. The first-order valence-corrected chi connectivity index (χ1v) is 6.61. The standard InChI is InChI=1S/C12H13N5S/c1-8(2)17-6-9(5-15-17)16-12-11-10(3-4-18-11)13-7-14-12/h3-8H,1-2H3,(H,13,14,16). The first-order valence-electron chi connectivity index (χ1n) is 5.73. The van der Waals surface area contributed by atoms with Gasteiger partial charge in [-0.1, -0.05) is 0 Å². The van der Waals surface area contributed by atoms with Gasteiger partial charge in [-0.2, -0.15) is 5.10 Å². The maximum Gasteiger partial charge on any atom is 0.151 e. The minimum absolute atomic E-state index is 0.354. The van der Waals surface area contributed by atoms with Crippen LogP contribution in [-0.2, 0) is 0 Å². The van der Waals surface area contributed by atoms with E-state index in [0.29, 0.717) is 6.04 Å². The van der Waals surface area contributed by atoms with Crippen molar-refractivity contribution in [2.24, 2.45) is 0 Å². The van der Waals surface area contributed by atoms with Gasteiger partial charge in [0.15, 0.2) is 5.82 Å². The molecule has 0 aliphatic carbocycles. The summed E-state index contributed by atoms with van der Waals surface area (Å²) in [6.07, 6.45) is 5.36. The minimum atomic E-state index is 0.354. The van der Waals surface area contributed by atoms with Crippen molar-refractivity contribution in [1.82, 2.24) is 19.7 Å². The van der Waals surface area contributed by atoms with Crippen LogP contribution in [0, 0.1) is 0 Å². The molecular formula is C12H13N5S. The van der Waals surface area contributed by atoms with E-state index < -0.39 is 0 Å². The lowest BCUT2D eigenvalue weighted by molar-refractivity contribution is 0.532. The normalized spacial score (nSPS) is 11.3. The van der Waals surface area contributed by atoms with Crippen LogP contribution in [0.5, 0.6) is 0 Å². The lowest BCUT2D eigenvalue weighted by atomic mass is 10.4. The van der Waals surface area contributed by atoms with Gasteiger partial charge in [-0.05, 0) is 25.3 Å². The van der Waals surface area contributed by atoms with E-state index in [4.69, 9.17) is 0 Å². The van der Waals surface area contributed by atoms with E-state index >= 15 is 0 Å². The van der Waals surface area contributed by atoms with Crippen LogP contribution in [0.1, 0.15) is 19.9 Å². The third kappa shape index (κ3) is 1.95. The quantitative estimate of drug-likeness (QED) is 0.784. The Morgan fingerprint density at radius 2 is 2.22 bits per heavy atom. The van der Waals surface area contributed by atoms with Crippen LogP contribution < -0.4 is 5.32 Å². The summed E-state index contributed by atoms with van der Waals surface area (Å²) < 4.78 is 2.98. The van der Waals surface area contributed by atoms with E-state index in [0.717, 1.165) is 21.7 Å². The largest absolute Gasteiger partial charge is 0.336 e. The number of rotatable bonds is 3. The fraction of sp³-hybridized carbons (Fsp3) is 0.250. The average molecular weight is 259 g/mol. The van der Waals surface area contributed by atoms with Gasteiger partial charge in [0.1, 0.15) is 6.33 Å². The average Bonchev–Trinajstić information content (AvgIpc) is 2.97. The van der Waals surface area contributed by atoms with Gasteiger partial charge in [-0.3, -0.25) is 4.68 Å². The maximum absolute atomic E-state index is 4.29. The summed E-state index contributed by atoms with van der Waals surface area (Å²) in [5.74, 6) is 0.832. The molecule has 6 heteroatoms. The Morgan fingerprint density at radius 3 is 3.00 bits per heavy atom. The molecule has 0 aliphatic rings. The molecule has 0 atom stereocenters. The van der Waals surface area contributed by atoms with Gasteiger partial charge in [0.05, 0.1) is 22.1 Å². The summed E-state index contributed by atoms with van der Waals surface area (Å²) >= 11 is 1.63. The molecule has 0 saturated carbocycles. The molecule has 1 N–H and O–H groups in total. The molecule has 3 rings (SSSR count). The number of anilines is 2. The second kappa shape index (κ2) is 4.38.